The summed E-state index contributed by atoms with van der Waals surface area (Å²) in [6.45, 7) is 0. The van der Waals surface area contributed by atoms with Crippen LogP contribution < -0.4 is 20.7 Å². The van der Waals surface area contributed by atoms with E-state index in [1.54, 1.807) is 86.0 Å². The molecule has 202 valence electrons. The molecule has 0 aliphatic heterocycles. The standard InChI is InChI=1S/C31H26FN3O4S/c1-39-25-14-7-12-23(18-25)33-29(36)20-40-26-15-8-13-24(19-26)34-31(38)28(17-22-11-5-6-16-27(22)32)35-30(37)21-9-3-2-4-10-21/h2-19H,20H2,1H3,(H,33,36)(H,34,38)(H,35,37)/b28-17-. The van der Waals surface area contributed by atoms with Gasteiger partial charge in [0.15, 0.2) is 0 Å². The van der Waals surface area contributed by atoms with Crippen LogP contribution in [-0.2, 0) is 9.59 Å². The van der Waals surface area contributed by atoms with Gasteiger partial charge in [-0.15, -0.1) is 11.8 Å². The number of hydrogen-bond acceptors (Lipinski definition) is 5. The van der Waals surface area contributed by atoms with Gasteiger partial charge in [0.1, 0.15) is 17.3 Å². The number of amides is 3. The molecule has 0 spiro atoms. The van der Waals surface area contributed by atoms with Gasteiger partial charge in [-0.05, 0) is 54.6 Å². The molecule has 0 fully saturated rings. The van der Waals surface area contributed by atoms with E-state index in [2.05, 4.69) is 16.0 Å². The number of carbonyl (C=O) groups excluding carboxylic acids is 3. The Balaban J connectivity index is 1.45. The van der Waals surface area contributed by atoms with Crippen molar-refractivity contribution in [2.24, 2.45) is 0 Å². The quantitative estimate of drug-likeness (QED) is 0.165. The first-order valence-electron chi connectivity index (χ1n) is 12.2. The molecule has 4 aromatic rings. The van der Waals surface area contributed by atoms with Gasteiger partial charge in [-0.3, -0.25) is 14.4 Å². The minimum Gasteiger partial charge on any atom is -0.497 e. The number of anilines is 2. The van der Waals surface area contributed by atoms with E-state index in [1.807, 2.05) is 6.07 Å². The Labute approximate surface area is 235 Å². The van der Waals surface area contributed by atoms with Crippen LogP contribution in [0.15, 0.2) is 114 Å². The normalized spacial score (nSPS) is 10.9. The lowest BCUT2D eigenvalue weighted by atomic mass is 10.1. The second-order valence-corrected chi connectivity index (χ2v) is 9.50. The Bertz CT molecular complexity index is 1540. The highest BCUT2D eigenvalue weighted by molar-refractivity contribution is 8.00. The largest absolute Gasteiger partial charge is 0.497 e. The SMILES string of the molecule is COc1cccc(NC(=O)CSc2cccc(NC(=O)/C(=C/c3ccccc3F)NC(=O)c3ccccc3)c2)c1. The Kier molecular flexibility index (Phi) is 9.68. The molecule has 9 heteroatoms. The molecule has 0 saturated heterocycles. The van der Waals surface area contributed by atoms with Crippen LogP contribution in [0.25, 0.3) is 6.08 Å². The Morgan fingerprint density at radius 3 is 2.27 bits per heavy atom. The summed E-state index contributed by atoms with van der Waals surface area (Å²) in [6, 6.07) is 28.3. The Hall–Kier alpha value is -4.89. The Morgan fingerprint density at radius 1 is 0.825 bits per heavy atom. The molecule has 4 rings (SSSR count). The molecule has 40 heavy (non-hydrogen) atoms. The second kappa shape index (κ2) is 13.8. The van der Waals surface area contributed by atoms with E-state index >= 15 is 0 Å². The average Bonchev–Trinajstić information content (AvgIpc) is 2.97. The predicted octanol–water partition coefficient (Wildman–Crippen LogP) is 5.97. The molecule has 3 amide bonds. The van der Waals surface area contributed by atoms with Crippen LogP contribution in [0, 0.1) is 5.82 Å². The lowest BCUT2D eigenvalue weighted by molar-refractivity contribution is -0.114. The van der Waals surface area contributed by atoms with E-state index in [0.29, 0.717) is 22.7 Å². The first kappa shape index (κ1) is 28.1. The highest BCUT2D eigenvalue weighted by atomic mass is 32.2. The van der Waals surface area contributed by atoms with E-state index in [1.165, 1.54) is 36.0 Å². The molecular formula is C31H26FN3O4S. The zero-order chi connectivity index (χ0) is 28.3. The van der Waals surface area contributed by atoms with Gasteiger partial charge >= 0.3 is 0 Å². The predicted molar refractivity (Wildman–Crippen MR) is 156 cm³/mol. The van der Waals surface area contributed by atoms with Crippen LogP contribution in [0.5, 0.6) is 5.75 Å². The van der Waals surface area contributed by atoms with Crippen LogP contribution in [0.3, 0.4) is 0 Å². The topological polar surface area (TPSA) is 96.5 Å². The van der Waals surface area contributed by atoms with Gasteiger partial charge in [0.2, 0.25) is 5.91 Å². The zero-order valence-corrected chi connectivity index (χ0v) is 22.3. The van der Waals surface area contributed by atoms with Crippen molar-refractivity contribution in [2.45, 2.75) is 4.90 Å². The molecule has 0 radical (unpaired) electrons. The molecule has 0 heterocycles. The summed E-state index contributed by atoms with van der Waals surface area (Å²) >= 11 is 1.29. The van der Waals surface area contributed by atoms with Crippen LogP contribution in [-0.4, -0.2) is 30.6 Å². The molecular weight excluding hydrogens is 529 g/mol. The number of halogens is 1. The molecule has 0 saturated carbocycles. The molecule has 0 atom stereocenters. The van der Waals surface area contributed by atoms with E-state index in [9.17, 15) is 18.8 Å². The van der Waals surface area contributed by atoms with Crippen molar-refractivity contribution in [2.75, 3.05) is 23.5 Å². The third-order valence-corrected chi connectivity index (χ3v) is 6.54. The molecule has 0 unspecified atom stereocenters. The van der Waals surface area contributed by atoms with E-state index in [0.717, 1.165) is 4.90 Å². The molecule has 0 aliphatic rings. The summed E-state index contributed by atoms with van der Waals surface area (Å²) in [5, 5.41) is 8.16. The summed E-state index contributed by atoms with van der Waals surface area (Å²) in [5.41, 5.74) is 1.43. The fourth-order valence-corrected chi connectivity index (χ4v) is 4.35. The van der Waals surface area contributed by atoms with Crippen molar-refractivity contribution in [3.63, 3.8) is 0 Å². The van der Waals surface area contributed by atoms with Crippen molar-refractivity contribution < 1.29 is 23.5 Å². The Morgan fingerprint density at radius 2 is 1.52 bits per heavy atom. The average molecular weight is 556 g/mol. The van der Waals surface area contributed by atoms with Gasteiger partial charge in [-0.1, -0.05) is 48.5 Å². The summed E-state index contributed by atoms with van der Waals surface area (Å²) < 4.78 is 19.5. The van der Waals surface area contributed by atoms with Crippen molar-refractivity contribution >= 4 is 46.9 Å². The fraction of sp³-hybridized carbons (Fsp3) is 0.0645. The maximum absolute atomic E-state index is 14.3. The minimum atomic E-state index is -0.634. The van der Waals surface area contributed by atoms with E-state index < -0.39 is 17.6 Å². The maximum atomic E-state index is 14.3. The van der Waals surface area contributed by atoms with E-state index in [-0.39, 0.29) is 22.9 Å². The molecule has 0 aliphatic carbocycles. The van der Waals surface area contributed by atoms with Crippen molar-refractivity contribution in [1.82, 2.24) is 5.32 Å². The lowest BCUT2D eigenvalue weighted by Crippen LogP contribution is -2.30. The van der Waals surface area contributed by atoms with Crippen LogP contribution in [0.1, 0.15) is 15.9 Å². The smallest absolute Gasteiger partial charge is 0.272 e. The monoisotopic (exact) mass is 555 g/mol. The first-order chi connectivity index (χ1) is 19.4. The fourth-order valence-electron chi connectivity index (χ4n) is 3.60. The zero-order valence-electron chi connectivity index (χ0n) is 21.5. The molecule has 4 aromatic carbocycles. The van der Waals surface area contributed by atoms with Gasteiger partial charge in [0, 0.05) is 33.5 Å². The minimum absolute atomic E-state index is 0.130. The summed E-state index contributed by atoms with van der Waals surface area (Å²) in [7, 11) is 1.55. The maximum Gasteiger partial charge on any atom is 0.272 e. The number of rotatable bonds is 10. The molecule has 3 N–H and O–H groups in total. The summed E-state index contributed by atoms with van der Waals surface area (Å²) in [4.78, 5) is 39.2. The van der Waals surface area contributed by atoms with E-state index in [4.69, 9.17) is 4.74 Å². The summed E-state index contributed by atoms with van der Waals surface area (Å²) in [5.74, 6) is -1.11. The van der Waals surface area contributed by atoms with Crippen molar-refractivity contribution in [1.29, 1.82) is 0 Å². The number of methoxy groups -OCH3 is 1. The van der Waals surface area contributed by atoms with Gasteiger partial charge in [-0.2, -0.15) is 0 Å². The van der Waals surface area contributed by atoms with Crippen molar-refractivity contribution in [3.8, 4) is 5.75 Å². The van der Waals surface area contributed by atoms with Gasteiger partial charge in [0.05, 0.1) is 12.9 Å². The van der Waals surface area contributed by atoms with Gasteiger partial charge in [-0.25, -0.2) is 4.39 Å². The molecule has 0 bridgehead atoms. The first-order valence-corrected chi connectivity index (χ1v) is 13.2. The number of nitrogens with one attached hydrogen (secondary N) is 3. The van der Waals surface area contributed by atoms with Gasteiger partial charge < -0.3 is 20.7 Å². The summed E-state index contributed by atoms with van der Waals surface area (Å²) in [6.07, 6.45) is 1.28. The molecule has 7 nitrogen and oxygen atoms in total. The second-order valence-electron chi connectivity index (χ2n) is 8.45. The lowest BCUT2D eigenvalue weighted by Gasteiger charge is -2.12. The van der Waals surface area contributed by atoms with Crippen LogP contribution in [0.4, 0.5) is 15.8 Å². The third kappa shape index (κ3) is 8.05. The van der Waals surface area contributed by atoms with Gasteiger partial charge in [0.25, 0.3) is 11.8 Å². The van der Waals surface area contributed by atoms with Crippen LogP contribution in [0.2, 0.25) is 0 Å². The number of ether oxygens (including phenoxy) is 1. The number of hydrogen-bond donors (Lipinski definition) is 3. The van der Waals surface area contributed by atoms with Crippen molar-refractivity contribution in [3.05, 3.63) is 126 Å². The molecule has 0 aromatic heterocycles. The number of carbonyl (C=O) groups is 3. The van der Waals surface area contributed by atoms with Crippen LogP contribution >= 0.6 is 11.8 Å². The highest BCUT2D eigenvalue weighted by Crippen LogP contribution is 2.23. The third-order valence-electron chi connectivity index (χ3n) is 5.55. The number of thioether (sulfide) groups is 1. The highest BCUT2D eigenvalue weighted by Gasteiger charge is 2.16. The number of benzene rings is 4.